The van der Waals surface area contributed by atoms with E-state index in [2.05, 4.69) is 25.2 Å². The molecule has 0 spiro atoms. The number of nitrogens with one attached hydrogen (secondary N) is 1. The van der Waals surface area contributed by atoms with Gasteiger partial charge in [-0.05, 0) is 50.3 Å². The average Bonchev–Trinajstić information content (AvgIpc) is 2.82. The molecular formula is C16H27NO. The zero-order valence-corrected chi connectivity index (χ0v) is 11.8. The highest BCUT2D eigenvalue weighted by atomic mass is 16.3. The minimum absolute atomic E-state index is 0.511. The van der Waals surface area contributed by atoms with Gasteiger partial charge in [-0.2, -0.15) is 0 Å². The predicted molar refractivity (Wildman–Crippen MR) is 75.6 cm³/mol. The van der Waals surface area contributed by atoms with Gasteiger partial charge in [0.15, 0.2) is 0 Å². The normalized spacial score (nSPS) is 26.1. The van der Waals surface area contributed by atoms with Crippen LogP contribution in [0.4, 0.5) is 0 Å². The highest BCUT2D eigenvalue weighted by Crippen LogP contribution is 2.30. The molecule has 0 aromatic carbocycles. The van der Waals surface area contributed by atoms with Gasteiger partial charge in [-0.15, -0.1) is 0 Å². The van der Waals surface area contributed by atoms with Gasteiger partial charge in [0.05, 0.1) is 6.26 Å². The first-order chi connectivity index (χ1) is 8.74. The van der Waals surface area contributed by atoms with E-state index in [1.807, 2.05) is 6.07 Å². The van der Waals surface area contributed by atoms with E-state index in [0.29, 0.717) is 6.04 Å². The van der Waals surface area contributed by atoms with E-state index in [1.165, 1.54) is 32.1 Å². The monoisotopic (exact) mass is 249 g/mol. The van der Waals surface area contributed by atoms with Crippen LogP contribution in [-0.2, 0) is 6.42 Å². The van der Waals surface area contributed by atoms with Crippen LogP contribution in [0.1, 0.15) is 51.7 Å². The smallest absolute Gasteiger partial charge is 0.105 e. The second-order valence-corrected chi connectivity index (χ2v) is 6.07. The van der Waals surface area contributed by atoms with E-state index < -0.39 is 0 Å². The second-order valence-electron chi connectivity index (χ2n) is 6.07. The summed E-state index contributed by atoms with van der Waals surface area (Å²) in [7, 11) is 0. The number of rotatable bonds is 6. The van der Waals surface area contributed by atoms with Crippen molar-refractivity contribution in [2.24, 2.45) is 11.8 Å². The molecule has 1 aromatic rings. The molecule has 2 nitrogen and oxygen atoms in total. The molecular weight excluding hydrogens is 222 g/mol. The van der Waals surface area contributed by atoms with Gasteiger partial charge in [0.1, 0.15) is 5.76 Å². The van der Waals surface area contributed by atoms with Crippen LogP contribution in [0, 0.1) is 11.8 Å². The molecule has 1 heterocycles. The number of hydrogen-bond donors (Lipinski definition) is 1. The highest BCUT2D eigenvalue weighted by Gasteiger charge is 2.18. The lowest BCUT2D eigenvalue weighted by Gasteiger charge is -2.27. The minimum atomic E-state index is 0.511. The molecule has 2 rings (SSSR count). The Bertz CT molecular complexity index is 320. The van der Waals surface area contributed by atoms with Crippen molar-refractivity contribution < 1.29 is 4.42 Å². The Morgan fingerprint density at radius 3 is 3.06 bits per heavy atom. The fourth-order valence-corrected chi connectivity index (χ4v) is 3.16. The van der Waals surface area contributed by atoms with Crippen molar-refractivity contribution in [3.8, 4) is 0 Å². The molecule has 3 atom stereocenters. The van der Waals surface area contributed by atoms with Gasteiger partial charge in [-0.3, -0.25) is 0 Å². The summed E-state index contributed by atoms with van der Waals surface area (Å²) in [5.74, 6) is 2.99. The highest BCUT2D eigenvalue weighted by molar-refractivity contribution is 4.99. The van der Waals surface area contributed by atoms with Crippen LogP contribution in [0.15, 0.2) is 22.8 Å². The molecule has 0 radical (unpaired) electrons. The van der Waals surface area contributed by atoms with E-state index in [4.69, 9.17) is 4.42 Å². The van der Waals surface area contributed by atoms with Gasteiger partial charge in [-0.1, -0.05) is 26.2 Å². The van der Waals surface area contributed by atoms with Crippen LogP contribution < -0.4 is 5.32 Å². The summed E-state index contributed by atoms with van der Waals surface area (Å²) in [6.45, 7) is 5.80. The lowest BCUT2D eigenvalue weighted by Crippen LogP contribution is -2.30. The Hall–Kier alpha value is -0.760. The lowest BCUT2D eigenvalue weighted by atomic mass is 9.81. The van der Waals surface area contributed by atoms with E-state index in [1.54, 1.807) is 6.26 Å². The SMILES string of the molecule is CC1CCCC(CCNC(C)Cc2ccco2)C1. The van der Waals surface area contributed by atoms with Crippen molar-refractivity contribution in [2.45, 2.75) is 58.4 Å². The molecule has 3 unspecified atom stereocenters. The van der Waals surface area contributed by atoms with Crippen molar-refractivity contribution >= 4 is 0 Å². The van der Waals surface area contributed by atoms with Crippen molar-refractivity contribution in [1.29, 1.82) is 0 Å². The molecule has 0 saturated heterocycles. The summed E-state index contributed by atoms with van der Waals surface area (Å²) in [6, 6.07) is 4.53. The van der Waals surface area contributed by atoms with Gasteiger partial charge in [0.2, 0.25) is 0 Å². The van der Waals surface area contributed by atoms with Crippen molar-refractivity contribution in [1.82, 2.24) is 5.32 Å². The van der Waals surface area contributed by atoms with Crippen LogP contribution in [0.2, 0.25) is 0 Å². The van der Waals surface area contributed by atoms with E-state index in [9.17, 15) is 0 Å². The van der Waals surface area contributed by atoms with E-state index >= 15 is 0 Å². The van der Waals surface area contributed by atoms with Gasteiger partial charge < -0.3 is 9.73 Å². The summed E-state index contributed by atoms with van der Waals surface area (Å²) in [5.41, 5.74) is 0. The quantitative estimate of drug-likeness (QED) is 0.824. The van der Waals surface area contributed by atoms with Crippen LogP contribution in [0.3, 0.4) is 0 Å². The molecule has 1 aliphatic carbocycles. The Labute approximate surface area is 111 Å². The molecule has 1 fully saturated rings. The van der Waals surface area contributed by atoms with Crippen molar-refractivity contribution in [3.63, 3.8) is 0 Å². The molecule has 0 aliphatic heterocycles. The first kappa shape index (κ1) is 13.7. The molecule has 1 aliphatic rings. The summed E-state index contributed by atoms with van der Waals surface area (Å²) >= 11 is 0. The summed E-state index contributed by atoms with van der Waals surface area (Å²) in [5, 5.41) is 3.62. The Morgan fingerprint density at radius 2 is 2.33 bits per heavy atom. The molecule has 1 aromatic heterocycles. The standard InChI is InChI=1S/C16H27NO/c1-13-5-3-6-15(11-13)8-9-17-14(2)12-16-7-4-10-18-16/h4,7,10,13-15,17H,3,5-6,8-9,11-12H2,1-2H3. The van der Waals surface area contributed by atoms with Gasteiger partial charge in [0, 0.05) is 12.5 Å². The molecule has 1 N–H and O–H groups in total. The fourth-order valence-electron chi connectivity index (χ4n) is 3.16. The maximum absolute atomic E-state index is 5.37. The van der Waals surface area contributed by atoms with Gasteiger partial charge in [-0.25, -0.2) is 0 Å². The fraction of sp³-hybridized carbons (Fsp3) is 0.750. The molecule has 0 amide bonds. The van der Waals surface area contributed by atoms with Crippen LogP contribution >= 0.6 is 0 Å². The summed E-state index contributed by atoms with van der Waals surface area (Å²) in [4.78, 5) is 0. The van der Waals surface area contributed by atoms with Crippen LogP contribution in [0.5, 0.6) is 0 Å². The molecule has 0 bridgehead atoms. The Balaban J connectivity index is 1.59. The van der Waals surface area contributed by atoms with Crippen molar-refractivity contribution in [3.05, 3.63) is 24.2 Å². The van der Waals surface area contributed by atoms with Crippen molar-refractivity contribution in [2.75, 3.05) is 6.54 Å². The van der Waals surface area contributed by atoms with Crippen LogP contribution in [0.25, 0.3) is 0 Å². The molecule has 1 saturated carbocycles. The molecule has 2 heteroatoms. The summed E-state index contributed by atoms with van der Waals surface area (Å²) in [6.07, 6.45) is 9.85. The Kier molecular flexibility index (Phi) is 5.30. The maximum Gasteiger partial charge on any atom is 0.105 e. The zero-order valence-electron chi connectivity index (χ0n) is 11.8. The minimum Gasteiger partial charge on any atom is -0.469 e. The predicted octanol–water partition coefficient (Wildman–Crippen LogP) is 4.02. The zero-order chi connectivity index (χ0) is 12.8. The first-order valence-electron chi connectivity index (χ1n) is 7.50. The largest absolute Gasteiger partial charge is 0.469 e. The van der Waals surface area contributed by atoms with Gasteiger partial charge in [0.25, 0.3) is 0 Å². The molecule has 102 valence electrons. The molecule has 18 heavy (non-hydrogen) atoms. The number of hydrogen-bond acceptors (Lipinski definition) is 2. The third-order valence-electron chi connectivity index (χ3n) is 4.18. The Morgan fingerprint density at radius 1 is 1.44 bits per heavy atom. The third kappa shape index (κ3) is 4.49. The average molecular weight is 249 g/mol. The summed E-state index contributed by atoms with van der Waals surface area (Å²) < 4.78 is 5.37. The van der Waals surface area contributed by atoms with E-state index in [0.717, 1.165) is 30.6 Å². The lowest BCUT2D eigenvalue weighted by molar-refractivity contribution is 0.265. The number of furan rings is 1. The van der Waals surface area contributed by atoms with E-state index in [-0.39, 0.29) is 0 Å². The van der Waals surface area contributed by atoms with Crippen LogP contribution in [-0.4, -0.2) is 12.6 Å². The van der Waals surface area contributed by atoms with Gasteiger partial charge >= 0.3 is 0 Å². The first-order valence-corrected chi connectivity index (χ1v) is 7.50. The second kappa shape index (κ2) is 6.98. The third-order valence-corrected chi connectivity index (χ3v) is 4.18. The maximum atomic E-state index is 5.37. The topological polar surface area (TPSA) is 25.2 Å².